The van der Waals surface area contributed by atoms with Gasteiger partial charge in [0.15, 0.2) is 0 Å². The molecule has 0 amide bonds. The molecule has 1 aromatic heterocycles. The highest BCUT2D eigenvalue weighted by Gasteiger charge is 2.29. The molecule has 0 bridgehead atoms. The molecule has 0 aliphatic carbocycles. The highest BCUT2D eigenvalue weighted by molar-refractivity contribution is 7.89. The number of aromatic nitrogens is 2. The molecule has 1 aliphatic rings. The molecular formula is C17H21N3O4S. The molecule has 0 radical (unpaired) electrons. The van der Waals surface area contributed by atoms with Crippen molar-refractivity contribution in [3.63, 3.8) is 0 Å². The molecule has 0 saturated carbocycles. The summed E-state index contributed by atoms with van der Waals surface area (Å²) in [6.45, 7) is 1.86. The molecule has 8 heteroatoms. The maximum absolute atomic E-state index is 12.8. The zero-order valence-electron chi connectivity index (χ0n) is 14.0. The number of carbonyl (C=O) groups is 1. The largest absolute Gasteiger partial charge is 0.465 e. The third-order valence-electron chi connectivity index (χ3n) is 4.51. The summed E-state index contributed by atoms with van der Waals surface area (Å²) >= 11 is 0. The van der Waals surface area contributed by atoms with Crippen molar-refractivity contribution in [2.45, 2.75) is 24.3 Å². The van der Waals surface area contributed by atoms with Gasteiger partial charge in [-0.3, -0.25) is 0 Å². The van der Waals surface area contributed by atoms with Crippen LogP contribution < -0.4 is 0 Å². The minimum Gasteiger partial charge on any atom is -0.465 e. The number of methoxy groups -OCH3 is 1. The van der Waals surface area contributed by atoms with Crippen LogP contribution in [0.2, 0.25) is 0 Å². The van der Waals surface area contributed by atoms with Crippen molar-refractivity contribution in [2.75, 3.05) is 20.2 Å². The van der Waals surface area contributed by atoms with E-state index in [-0.39, 0.29) is 4.90 Å². The van der Waals surface area contributed by atoms with Crippen LogP contribution in [0.1, 0.15) is 23.2 Å². The van der Waals surface area contributed by atoms with Crippen LogP contribution in [0.15, 0.2) is 47.9 Å². The van der Waals surface area contributed by atoms with E-state index < -0.39 is 16.0 Å². The van der Waals surface area contributed by atoms with Gasteiger partial charge in [-0.25, -0.2) is 18.2 Å². The summed E-state index contributed by atoms with van der Waals surface area (Å²) in [5.41, 5.74) is 0.334. The van der Waals surface area contributed by atoms with Gasteiger partial charge in [0, 0.05) is 32.0 Å². The molecule has 1 fully saturated rings. The smallest absolute Gasteiger partial charge is 0.337 e. The molecule has 1 saturated heterocycles. The lowest BCUT2D eigenvalue weighted by atomic mass is 9.98. The van der Waals surface area contributed by atoms with Crippen molar-refractivity contribution in [1.29, 1.82) is 0 Å². The lowest BCUT2D eigenvalue weighted by molar-refractivity contribution is 0.0600. The first-order valence-electron chi connectivity index (χ1n) is 8.15. The predicted octanol–water partition coefficient (Wildman–Crippen LogP) is 1.77. The molecule has 3 rings (SSSR count). The molecule has 134 valence electrons. The van der Waals surface area contributed by atoms with Crippen LogP contribution in [-0.4, -0.2) is 48.4 Å². The highest BCUT2D eigenvalue weighted by atomic mass is 32.2. The topological polar surface area (TPSA) is 81.5 Å². The Kier molecular flexibility index (Phi) is 5.19. The zero-order chi connectivity index (χ0) is 17.9. The number of hydrogen-bond donors (Lipinski definition) is 0. The lowest BCUT2D eigenvalue weighted by Crippen LogP contribution is -2.39. The van der Waals surface area contributed by atoms with Crippen LogP contribution in [0.5, 0.6) is 0 Å². The second kappa shape index (κ2) is 7.37. The molecule has 2 aromatic rings. The molecule has 1 aliphatic heterocycles. The standard InChI is InChI=1S/C17H21N3O4S/c1-24-17(21)15-2-4-16(5-3-15)25(22,23)20-9-6-14(7-10-20)12-19-11-8-18-13-19/h2-5,8,11,13-14H,6-7,9-10,12H2,1H3. The fourth-order valence-electron chi connectivity index (χ4n) is 3.05. The Morgan fingerprint density at radius 1 is 1.24 bits per heavy atom. The van der Waals surface area contributed by atoms with Crippen LogP contribution in [0, 0.1) is 5.92 Å². The van der Waals surface area contributed by atoms with E-state index in [4.69, 9.17) is 0 Å². The Hall–Kier alpha value is -2.19. The van der Waals surface area contributed by atoms with Gasteiger partial charge in [0.25, 0.3) is 0 Å². The maximum Gasteiger partial charge on any atom is 0.337 e. The van der Waals surface area contributed by atoms with Crippen molar-refractivity contribution < 1.29 is 17.9 Å². The molecular weight excluding hydrogens is 342 g/mol. The van der Waals surface area contributed by atoms with Gasteiger partial charge in [0.2, 0.25) is 10.0 Å². The third kappa shape index (κ3) is 3.91. The van der Waals surface area contributed by atoms with Gasteiger partial charge in [-0.2, -0.15) is 4.31 Å². The van der Waals surface area contributed by atoms with Crippen LogP contribution in [0.4, 0.5) is 0 Å². The van der Waals surface area contributed by atoms with Crippen molar-refractivity contribution in [2.24, 2.45) is 5.92 Å². The normalized spacial score (nSPS) is 16.7. The summed E-state index contributed by atoms with van der Waals surface area (Å²) in [5.74, 6) is -0.0355. The summed E-state index contributed by atoms with van der Waals surface area (Å²) in [5, 5.41) is 0. The van der Waals surface area contributed by atoms with Gasteiger partial charge >= 0.3 is 5.97 Å². The number of hydrogen-bond acceptors (Lipinski definition) is 5. The number of rotatable bonds is 5. The number of carbonyl (C=O) groups excluding carboxylic acids is 1. The Balaban J connectivity index is 1.64. The van der Waals surface area contributed by atoms with Crippen molar-refractivity contribution in [3.05, 3.63) is 48.5 Å². The van der Waals surface area contributed by atoms with Crippen molar-refractivity contribution in [1.82, 2.24) is 13.9 Å². The van der Waals surface area contributed by atoms with E-state index in [1.165, 1.54) is 35.7 Å². The number of sulfonamides is 1. The van der Waals surface area contributed by atoms with Crippen LogP contribution in [0.3, 0.4) is 0 Å². The van der Waals surface area contributed by atoms with E-state index in [9.17, 15) is 13.2 Å². The van der Waals surface area contributed by atoms with Crippen LogP contribution >= 0.6 is 0 Å². The minimum absolute atomic E-state index is 0.202. The number of ether oxygens (including phenoxy) is 1. The molecule has 0 N–H and O–H groups in total. The molecule has 0 unspecified atom stereocenters. The van der Waals surface area contributed by atoms with E-state index in [0.717, 1.165) is 19.4 Å². The summed E-state index contributed by atoms with van der Waals surface area (Å²) in [4.78, 5) is 15.7. The van der Waals surface area contributed by atoms with E-state index in [1.807, 2.05) is 10.8 Å². The number of imidazole rings is 1. The Morgan fingerprint density at radius 2 is 1.92 bits per heavy atom. The first-order chi connectivity index (χ1) is 12.0. The quantitative estimate of drug-likeness (QED) is 0.756. The van der Waals surface area contributed by atoms with Gasteiger partial charge in [-0.1, -0.05) is 0 Å². The summed E-state index contributed by atoms with van der Waals surface area (Å²) < 4.78 is 33.7. The van der Waals surface area contributed by atoms with Gasteiger partial charge in [-0.05, 0) is 43.0 Å². The highest BCUT2D eigenvalue weighted by Crippen LogP contribution is 2.25. The van der Waals surface area contributed by atoms with Crippen molar-refractivity contribution >= 4 is 16.0 Å². The number of esters is 1. The van der Waals surface area contributed by atoms with Crippen LogP contribution in [0.25, 0.3) is 0 Å². The van der Waals surface area contributed by atoms with E-state index in [2.05, 4.69) is 9.72 Å². The zero-order valence-corrected chi connectivity index (χ0v) is 14.9. The second-order valence-corrected chi connectivity index (χ2v) is 8.06. The SMILES string of the molecule is COC(=O)c1ccc(S(=O)(=O)N2CCC(Cn3ccnc3)CC2)cc1. The molecule has 0 spiro atoms. The maximum atomic E-state index is 12.8. The van der Waals surface area contributed by atoms with Gasteiger partial charge in [0.05, 0.1) is 23.9 Å². The van der Waals surface area contributed by atoms with Gasteiger partial charge in [-0.15, -0.1) is 0 Å². The molecule has 25 heavy (non-hydrogen) atoms. The molecule has 2 heterocycles. The average molecular weight is 363 g/mol. The molecule has 1 aromatic carbocycles. The van der Waals surface area contributed by atoms with Gasteiger partial charge in [0.1, 0.15) is 0 Å². The van der Waals surface area contributed by atoms with E-state index in [1.54, 1.807) is 12.5 Å². The Labute approximate surface area is 147 Å². The van der Waals surface area contributed by atoms with Crippen LogP contribution in [-0.2, 0) is 21.3 Å². The summed E-state index contributed by atoms with van der Waals surface area (Å²) in [6.07, 6.45) is 7.09. The van der Waals surface area contributed by atoms with E-state index in [0.29, 0.717) is 24.6 Å². The Bertz CT molecular complexity index is 808. The molecule has 7 nitrogen and oxygen atoms in total. The number of nitrogens with zero attached hydrogens (tertiary/aromatic N) is 3. The number of benzene rings is 1. The average Bonchev–Trinajstić information content (AvgIpc) is 3.14. The first kappa shape index (κ1) is 17.6. The first-order valence-corrected chi connectivity index (χ1v) is 9.59. The number of piperidine rings is 1. The van der Waals surface area contributed by atoms with E-state index >= 15 is 0 Å². The third-order valence-corrected chi connectivity index (χ3v) is 6.43. The fraction of sp³-hybridized carbons (Fsp3) is 0.412. The molecule has 0 atom stereocenters. The predicted molar refractivity (Wildman–Crippen MR) is 91.5 cm³/mol. The second-order valence-electron chi connectivity index (χ2n) is 6.12. The fourth-order valence-corrected chi connectivity index (χ4v) is 4.52. The minimum atomic E-state index is -3.53. The summed E-state index contributed by atoms with van der Waals surface area (Å²) in [7, 11) is -2.24. The van der Waals surface area contributed by atoms with Gasteiger partial charge < -0.3 is 9.30 Å². The lowest BCUT2D eigenvalue weighted by Gasteiger charge is -2.31. The Morgan fingerprint density at radius 3 is 2.48 bits per heavy atom. The van der Waals surface area contributed by atoms with Crippen molar-refractivity contribution in [3.8, 4) is 0 Å². The monoisotopic (exact) mass is 363 g/mol. The summed E-state index contributed by atoms with van der Waals surface area (Å²) in [6, 6.07) is 5.87.